The van der Waals surface area contributed by atoms with Gasteiger partial charge in [-0.25, -0.2) is 4.98 Å². The summed E-state index contributed by atoms with van der Waals surface area (Å²) >= 11 is 0. The van der Waals surface area contributed by atoms with Crippen LogP contribution < -0.4 is 0 Å². The molecule has 5 heteroatoms. The molecule has 1 N–H and O–H groups in total. The second-order valence-corrected chi connectivity index (χ2v) is 2.69. The maximum atomic E-state index is 5.30. The molecule has 0 bridgehead atoms. The van der Waals surface area contributed by atoms with Gasteiger partial charge in [0, 0.05) is 19.5 Å². The Morgan fingerprint density at radius 2 is 2.00 bits per heavy atom. The number of H-pyrrole nitrogens is 1. The first kappa shape index (κ1) is 11.2. The summed E-state index contributed by atoms with van der Waals surface area (Å²) in [6.45, 7) is 2.90. The van der Waals surface area contributed by atoms with E-state index in [2.05, 4.69) is 9.97 Å². The minimum Gasteiger partial charge on any atom is -0.382 e. The molecule has 0 aliphatic heterocycles. The van der Waals surface area contributed by atoms with Crippen LogP contribution in [-0.4, -0.2) is 43.5 Å². The molecule has 0 unspecified atom stereocenters. The van der Waals surface area contributed by atoms with Crippen molar-refractivity contribution >= 4 is 0 Å². The van der Waals surface area contributed by atoms with Gasteiger partial charge in [-0.1, -0.05) is 0 Å². The Morgan fingerprint density at radius 1 is 1.21 bits per heavy atom. The summed E-state index contributed by atoms with van der Waals surface area (Å²) in [5.41, 5.74) is 0. The Bertz CT molecular complexity index is 214. The van der Waals surface area contributed by atoms with Crippen molar-refractivity contribution in [3.05, 3.63) is 18.2 Å². The molecular weight excluding hydrogens is 184 g/mol. The lowest BCUT2D eigenvalue weighted by molar-refractivity contribution is 0.0186. The fraction of sp³-hybridized carbons (Fsp3) is 0.667. The first-order chi connectivity index (χ1) is 6.93. The molecule has 0 saturated carbocycles. The normalized spacial score (nSPS) is 10.6. The van der Waals surface area contributed by atoms with E-state index in [1.807, 2.05) is 0 Å². The topological polar surface area (TPSA) is 56.4 Å². The largest absolute Gasteiger partial charge is 0.382 e. The highest BCUT2D eigenvalue weighted by atomic mass is 16.5. The zero-order valence-corrected chi connectivity index (χ0v) is 8.36. The van der Waals surface area contributed by atoms with Crippen LogP contribution >= 0.6 is 0 Å². The molecule has 0 saturated heterocycles. The SMILES string of the molecule is COCCOCCOCc1ncc[nH]1. The average molecular weight is 200 g/mol. The number of rotatable bonds is 8. The molecule has 14 heavy (non-hydrogen) atoms. The minimum atomic E-state index is 0.501. The van der Waals surface area contributed by atoms with Gasteiger partial charge in [0.25, 0.3) is 0 Å². The molecule has 0 aromatic carbocycles. The van der Waals surface area contributed by atoms with Crippen molar-refractivity contribution in [3.8, 4) is 0 Å². The fourth-order valence-electron chi connectivity index (χ4n) is 0.908. The van der Waals surface area contributed by atoms with Crippen molar-refractivity contribution in [1.82, 2.24) is 9.97 Å². The van der Waals surface area contributed by atoms with E-state index < -0.39 is 0 Å². The van der Waals surface area contributed by atoms with Crippen LogP contribution in [0.4, 0.5) is 0 Å². The smallest absolute Gasteiger partial charge is 0.132 e. The van der Waals surface area contributed by atoms with Gasteiger partial charge >= 0.3 is 0 Å². The molecule has 0 aliphatic rings. The number of ether oxygens (including phenoxy) is 3. The zero-order chi connectivity index (χ0) is 10.1. The van der Waals surface area contributed by atoms with E-state index in [1.54, 1.807) is 19.5 Å². The van der Waals surface area contributed by atoms with E-state index >= 15 is 0 Å². The van der Waals surface area contributed by atoms with Crippen molar-refractivity contribution in [2.75, 3.05) is 33.5 Å². The quantitative estimate of drug-likeness (QED) is 0.624. The fourth-order valence-corrected chi connectivity index (χ4v) is 0.908. The van der Waals surface area contributed by atoms with Gasteiger partial charge in [-0.15, -0.1) is 0 Å². The van der Waals surface area contributed by atoms with Gasteiger partial charge in [-0.3, -0.25) is 0 Å². The van der Waals surface area contributed by atoms with Gasteiger partial charge in [0.2, 0.25) is 0 Å². The van der Waals surface area contributed by atoms with E-state index in [-0.39, 0.29) is 0 Å². The van der Waals surface area contributed by atoms with Crippen molar-refractivity contribution in [1.29, 1.82) is 0 Å². The number of aromatic nitrogens is 2. The summed E-state index contributed by atoms with van der Waals surface area (Å²) in [7, 11) is 1.65. The van der Waals surface area contributed by atoms with Crippen LogP contribution in [0.1, 0.15) is 5.82 Å². The van der Waals surface area contributed by atoms with Crippen molar-refractivity contribution in [3.63, 3.8) is 0 Å². The predicted molar refractivity (Wildman–Crippen MR) is 50.9 cm³/mol. The van der Waals surface area contributed by atoms with Crippen LogP contribution in [0.5, 0.6) is 0 Å². The summed E-state index contributed by atoms with van der Waals surface area (Å²) in [6, 6.07) is 0. The van der Waals surface area contributed by atoms with E-state index in [1.165, 1.54) is 0 Å². The van der Waals surface area contributed by atoms with E-state index in [0.717, 1.165) is 5.82 Å². The summed E-state index contributed by atoms with van der Waals surface area (Å²) in [5.74, 6) is 0.835. The Kier molecular flexibility index (Phi) is 5.97. The highest BCUT2D eigenvalue weighted by Gasteiger charge is 1.94. The Hall–Kier alpha value is -0.910. The highest BCUT2D eigenvalue weighted by molar-refractivity contribution is 4.83. The summed E-state index contributed by atoms with van der Waals surface area (Å²) in [4.78, 5) is 6.97. The number of nitrogens with one attached hydrogen (secondary N) is 1. The summed E-state index contributed by atoms with van der Waals surface area (Å²) in [6.07, 6.45) is 3.47. The van der Waals surface area contributed by atoms with Crippen LogP contribution in [0.3, 0.4) is 0 Å². The van der Waals surface area contributed by atoms with Crippen molar-refractivity contribution < 1.29 is 14.2 Å². The number of hydrogen-bond acceptors (Lipinski definition) is 4. The third-order valence-corrected chi connectivity index (χ3v) is 1.60. The highest BCUT2D eigenvalue weighted by Crippen LogP contribution is 1.91. The second-order valence-electron chi connectivity index (χ2n) is 2.69. The van der Waals surface area contributed by atoms with E-state index in [0.29, 0.717) is 33.0 Å². The molecule has 0 amide bonds. The lowest BCUT2D eigenvalue weighted by Crippen LogP contribution is -2.08. The lowest BCUT2D eigenvalue weighted by atomic mass is 10.6. The molecule has 5 nitrogen and oxygen atoms in total. The van der Waals surface area contributed by atoms with Gasteiger partial charge in [-0.05, 0) is 0 Å². The third kappa shape index (κ3) is 4.96. The van der Waals surface area contributed by atoms with Crippen LogP contribution in [0.2, 0.25) is 0 Å². The summed E-state index contributed by atoms with van der Waals surface area (Å²) in [5, 5.41) is 0. The number of imidazole rings is 1. The van der Waals surface area contributed by atoms with Gasteiger partial charge in [-0.2, -0.15) is 0 Å². The van der Waals surface area contributed by atoms with Crippen molar-refractivity contribution in [2.45, 2.75) is 6.61 Å². The van der Waals surface area contributed by atoms with Crippen molar-refractivity contribution in [2.24, 2.45) is 0 Å². The van der Waals surface area contributed by atoms with Gasteiger partial charge in [0.15, 0.2) is 0 Å². The molecule has 0 aliphatic carbocycles. The average Bonchev–Trinajstić information content (AvgIpc) is 2.69. The Labute approximate surface area is 83.4 Å². The molecular formula is C9H16N2O3. The molecule has 1 aromatic heterocycles. The molecule has 1 aromatic rings. The second kappa shape index (κ2) is 7.49. The first-order valence-corrected chi connectivity index (χ1v) is 4.56. The standard InChI is InChI=1S/C9H16N2O3/c1-12-4-5-13-6-7-14-8-9-10-2-3-11-9/h2-3H,4-8H2,1H3,(H,10,11). The molecule has 1 rings (SSSR count). The number of aromatic amines is 1. The maximum Gasteiger partial charge on any atom is 0.132 e. The molecule has 80 valence electrons. The van der Waals surface area contributed by atoms with Gasteiger partial charge in [0.1, 0.15) is 12.4 Å². The molecule has 1 heterocycles. The van der Waals surface area contributed by atoms with Gasteiger partial charge in [0.05, 0.1) is 26.4 Å². The monoisotopic (exact) mass is 200 g/mol. The third-order valence-electron chi connectivity index (χ3n) is 1.60. The number of nitrogens with zero attached hydrogens (tertiary/aromatic N) is 1. The van der Waals surface area contributed by atoms with E-state index in [4.69, 9.17) is 14.2 Å². The zero-order valence-electron chi connectivity index (χ0n) is 8.36. The van der Waals surface area contributed by atoms with E-state index in [9.17, 15) is 0 Å². The van der Waals surface area contributed by atoms with Crippen LogP contribution in [0.25, 0.3) is 0 Å². The van der Waals surface area contributed by atoms with Crippen LogP contribution in [0, 0.1) is 0 Å². The molecule has 0 radical (unpaired) electrons. The van der Waals surface area contributed by atoms with Crippen LogP contribution in [0.15, 0.2) is 12.4 Å². The number of methoxy groups -OCH3 is 1. The summed E-state index contributed by atoms with van der Waals surface area (Å²) < 4.78 is 15.3. The lowest BCUT2D eigenvalue weighted by Gasteiger charge is -2.03. The number of hydrogen-bond donors (Lipinski definition) is 1. The van der Waals surface area contributed by atoms with Gasteiger partial charge < -0.3 is 19.2 Å². The molecule has 0 atom stereocenters. The maximum absolute atomic E-state index is 5.30. The Morgan fingerprint density at radius 3 is 2.71 bits per heavy atom. The predicted octanol–water partition coefficient (Wildman–Crippen LogP) is 0.589. The Balaban J connectivity index is 1.85. The molecule has 0 fully saturated rings. The molecule has 0 spiro atoms. The first-order valence-electron chi connectivity index (χ1n) is 4.56. The van der Waals surface area contributed by atoms with Crippen LogP contribution in [-0.2, 0) is 20.8 Å². The minimum absolute atomic E-state index is 0.501.